The lowest BCUT2D eigenvalue weighted by Crippen LogP contribution is -2.30. The molecule has 100 valence electrons. The molecule has 0 saturated heterocycles. The molecule has 1 heterocycles. The van der Waals surface area contributed by atoms with Gasteiger partial charge in [0.1, 0.15) is 17.3 Å². The fraction of sp³-hybridized carbons (Fsp3) is 0.214. The zero-order valence-corrected chi connectivity index (χ0v) is 10.7. The first-order valence-corrected chi connectivity index (χ1v) is 5.94. The first-order valence-electron chi connectivity index (χ1n) is 5.94. The Kier molecular flexibility index (Phi) is 3.85. The monoisotopic (exact) mass is 262 g/mol. The van der Waals surface area contributed by atoms with E-state index in [0.29, 0.717) is 11.4 Å². The molecule has 0 radical (unpaired) electrons. The molecule has 0 aliphatic rings. The van der Waals surface area contributed by atoms with Gasteiger partial charge in [-0.15, -0.1) is 0 Å². The third-order valence-corrected chi connectivity index (χ3v) is 2.64. The minimum Gasteiger partial charge on any atom is -0.464 e. The summed E-state index contributed by atoms with van der Waals surface area (Å²) < 4.78 is 18.1. The summed E-state index contributed by atoms with van der Waals surface area (Å²) in [6.07, 6.45) is 0. The van der Waals surface area contributed by atoms with Gasteiger partial charge in [0, 0.05) is 5.69 Å². The third kappa shape index (κ3) is 3.58. The number of carbonyl (C=O) groups excluding carboxylic acids is 1. The quantitative estimate of drug-likeness (QED) is 0.887. The molecule has 19 heavy (non-hydrogen) atoms. The number of nitrogens with one attached hydrogen (secondary N) is 2. The van der Waals surface area contributed by atoms with Crippen molar-refractivity contribution in [2.45, 2.75) is 19.9 Å². The van der Waals surface area contributed by atoms with Gasteiger partial charge in [0.05, 0.1) is 6.04 Å². The van der Waals surface area contributed by atoms with Crippen molar-refractivity contribution in [1.82, 2.24) is 5.32 Å². The van der Waals surface area contributed by atoms with Crippen LogP contribution >= 0.6 is 0 Å². The van der Waals surface area contributed by atoms with E-state index in [1.807, 2.05) is 26.0 Å². The molecule has 0 saturated carbocycles. The first kappa shape index (κ1) is 13.1. The molecule has 0 spiro atoms. The van der Waals surface area contributed by atoms with Crippen LogP contribution < -0.4 is 10.6 Å². The van der Waals surface area contributed by atoms with E-state index in [9.17, 15) is 9.18 Å². The number of anilines is 1. The van der Waals surface area contributed by atoms with Gasteiger partial charge in [-0.25, -0.2) is 9.18 Å². The highest BCUT2D eigenvalue weighted by atomic mass is 19.1. The molecule has 1 aromatic heterocycles. The summed E-state index contributed by atoms with van der Waals surface area (Å²) in [4.78, 5) is 11.7. The second-order valence-corrected chi connectivity index (χ2v) is 4.28. The molecule has 1 aromatic carbocycles. The number of halogens is 1. The molecule has 0 bridgehead atoms. The minimum absolute atomic E-state index is 0.242. The Morgan fingerprint density at radius 2 is 1.89 bits per heavy atom. The SMILES string of the molecule is Cc1ccc(C(C)NC(=O)Nc2ccc(F)cc2)o1. The third-order valence-electron chi connectivity index (χ3n) is 2.64. The number of hydrogen-bond acceptors (Lipinski definition) is 2. The van der Waals surface area contributed by atoms with Crippen LogP contribution in [-0.2, 0) is 0 Å². The summed E-state index contributed by atoms with van der Waals surface area (Å²) in [5.74, 6) is 1.14. The van der Waals surface area contributed by atoms with Crippen molar-refractivity contribution in [2.75, 3.05) is 5.32 Å². The van der Waals surface area contributed by atoms with Gasteiger partial charge in [0.2, 0.25) is 0 Å². The number of hydrogen-bond donors (Lipinski definition) is 2. The van der Waals surface area contributed by atoms with E-state index in [1.54, 1.807) is 0 Å². The summed E-state index contributed by atoms with van der Waals surface area (Å²) in [5.41, 5.74) is 0.529. The van der Waals surface area contributed by atoms with Crippen LogP contribution in [0.2, 0.25) is 0 Å². The van der Waals surface area contributed by atoms with Crippen molar-refractivity contribution in [3.05, 3.63) is 53.7 Å². The molecule has 2 amide bonds. The molecule has 4 nitrogen and oxygen atoms in total. The predicted octanol–water partition coefficient (Wildman–Crippen LogP) is 3.61. The summed E-state index contributed by atoms with van der Waals surface area (Å²) in [6, 6.07) is 8.61. The Morgan fingerprint density at radius 1 is 1.21 bits per heavy atom. The Hall–Kier alpha value is -2.30. The maximum absolute atomic E-state index is 12.7. The molecule has 1 atom stereocenters. The van der Waals surface area contributed by atoms with E-state index < -0.39 is 0 Å². The Labute approximate surface area is 110 Å². The van der Waals surface area contributed by atoms with E-state index in [4.69, 9.17) is 4.42 Å². The van der Waals surface area contributed by atoms with Gasteiger partial charge in [-0.1, -0.05) is 0 Å². The molecular formula is C14H15FN2O2. The largest absolute Gasteiger partial charge is 0.464 e. The average Bonchev–Trinajstić information content (AvgIpc) is 2.79. The number of amides is 2. The van der Waals surface area contributed by atoms with Crippen LogP contribution in [0, 0.1) is 12.7 Å². The van der Waals surface area contributed by atoms with E-state index in [1.165, 1.54) is 24.3 Å². The summed E-state index contributed by atoms with van der Waals surface area (Å²) in [7, 11) is 0. The van der Waals surface area contributed by atoms with E-state index >= 15 is 0 Å². The smallest absolute Gasteiger partial charge is 0.319 e. The first-order chi connectivity index (χ1) is 9.04. The maximum atomic E-state index is 12.7. The molecule has 1 unspecified atom stereocenters. The highest BCUT2D eigenvalue weighted by Gasteiger charge is 2.12. The topological polar surface area (TPSA) is 54.3 Å². The Bertz CT molecular complexity index is 563. The lowest BCUT2D eigenvalue weighted by molar-refractivity contribution is 0.247. The lowest BCUT2D eigenvalue weighted by atomic mass is 10.2. The van der Waals surface area contributed by atoms with Gasteiger partial charge >= 0.3 is 6.03 Å². The molecule has 5 heteroatoms. The molecule has 2 rings (SSSR count). The molecular weight excluding hydrogens is 247 g/mol. The van der Waals surface area contributed by atoms with Gasteiger partial charge in [0.15, 0.2) is 0 Å². The van der Waals surface area contributed by atoms with Crippen LogP contribution in [0.1, 0.15) is 24.5 Å². The van der Waals surface area contributed by atoms with Crippen molar-refractivity contribution in [2.24, 2.45) is 0 Å². The maximum Gasteiger partial charge on any atom is 0.319 e. The van der Waals surface area contributed by atoms with E-state index in [-0.39, 0.29) is 17.9 Å². The number of benzene rings is 1. The second-order valence-electron chi connectivity index (χ2n) is 4.28. The van der Waals surface area contributed by atoms with Gasteiger partial charge in [-0.2, -0.15) is 0 Å². The number of carbonyl (C=O) groups is 1. The van der Waals surface area contributed by atoms with Crippen molar-refractivity contribution in [3.63, 3.8) is 0 Å². The molecule has 2 N–H and O–H groups in total. The fourth-order valence-electron chi connectivity index (χ4n) is 1.65. The van der Waals surface area contributed by atoms with Gasteiger partial charge in [0.25, 0.3) is 0 Å². The highest BCUT2D eigenvalue weighted by molar-refractivity contribution is 5.89. The van der Waals surface area contributed by atoms with Crippen LogP contribution in [0.4, 0.5) is 14.9 Å². The van der Waals surface area contributed by atoms with Gasteiger partial charge < -0.3 is 15.1 Å². The summed E-state index contributed by atoms with van der Waals surface area (Å²) >= 11 is 0. The van der Waals surface area contributed by atoms with Gasteiger partial charge in [-0.05, 0) is 50.2 Å². The van der Waals surface area contributed by atoms with E-state index in [2.05, 4.69) is 10.6 Å². The zero-order chi connectivity index (χ0) is 13.8. The van der Waals surface area contributed by atoms with E-state index in [0.717, 1.165) is 5.76 Å². The number of urea groups is 1. The summed E-state index contributed by atoms with van der Waals surface area (Å²) in [6.45, 7) is 3.66. The highest BCUT2D eigenvalue weighted by Crippen LogP contribution is 2.16. The zero-order valence-electron chi connectivity index (χ0n) is 10.7. The lowest BCUT2D eigenvalue weighted by Gasteiger charge is -2.12. The normalized spacial score (nSPS) is 11.9. The Balaban J connectivity index is 1.92. The standard InChI is InChI=1S/C14H15FN2O2/c1-9-3-8-13(19-9)10(2)16-14(18)17-12-6-4-11(15)5-7-12/h3-8,10H,1-2H3,(H2,16,17,18). The van der Waals surface area contributed by atoms with Gasteiger partial charge in [-0.3, -0.25) is 0 Å². The number of rotatable bonds is 3. The van der Waals surface area contributed by atoms with Crippen molar-refractivity contribution >= 4 is 11.7 Å². The predicted molar refractivity (Wildman–Crippen MR) is 70.4 cm³/mol. The van der Waals surface area contributed by atoms with Crippen molar-refractivity contribution in [1.29, 1.82) is 0 Å². The molecule has 2 aromatic rings. The van der Waals surface area contributed by atoms with Crippen molar-refractivity contribution < 1.29 is 13.6 Å². The van der Waals surface area contributed by atoms with Crippen LogP contribution in [0.25, 0.3) is 0 Å². The van der Waals surface area contributed by atoms with Crippen LogP contribution in [0.15, 0.2) is 40.8 Å². The minimum atomic E-state index is -0.367. The van der Waals surface area contributed by atoms with Crippen LogP contribution in [0.3, 0.4) is 0 Å². The Morgan fingerprint density at radius 3 is 2.47 bits per heavy atom. The fourth-order valence-corrected chi connectivity index (χ4v) is 1.65. The molecule has 0 fully saturated rings. The summed E-state index contributed by atoms with van der Waals surface area (Å²) in [5, 5.41) is 5.35. The van der Waals surface area contributed by atoms with Crippen molar-refractivity contribution in [3.8, 4) is 0 Å². The second kappa shape index (κ2) is 5.56. The number of furan rings is 1. The van der Waals surface area contributed by atoms with Crippen LogP contribution in [-0.4, -0.2) is 6.03 Å². The average molecular weight is 262 g/mol. The molecule has 0 aliphatic carbocycles. The number of aryl methyl sites for hydroxylation is 1. The molecule has 0 aliphatic heterocycles. The van der Waals surface area contributed by atoms with Crippen LogP contribution in [0.5, 0.6) is 0 Å².